The SMILES string of the molecule is CC[C@]1(c2ccccc2)NC(=O)N(NC(=S)NCCN2CCOCC2)C1=O. The molecule has 2 saturated heterocycles. The number of thiocarbonyl (C=S) groups is 1. The van der Waals surface area contributed by atoms with Gasteiger partial charge in [-0.05, 0) is 24.2 Å². The van der Waals surface area contributed by atoms with Crippen molar-refractivity contribution in [2.24, 2.45) is 0 Å². The molecule has 3 N–H and O–H groups in total. The van der Waals surface area contributed by atoms with E-state index < -0.39 is 11.6 Å². The van der Waals surface area contributed by atoms with Crippen molar-refractivity contribution >= 4 is 29.3 Å². The predicted molar refractivity (Wildman–Crippen MR) is 105 cm³/mol. The molecule has 0 aliphatic carbocycles. The molecule has 2 aliphatic heterocycles. The smallest absolute Gasteiger partial charge is 0.344 e. The molecule has 1 aromatic rings. The molecule has 0 bridgehead atoms. The first kappa shape index (κ1) is 19.5. The van der Waals surface area contributed by atoms with Crippen LogP contribution in [-0.4, -0.2) is 66.4 Å². The van der Waals surface area contributed by atoms with Crippen LogP contribution >= 0.6 is 12.2 Å². The molecule has 27 heavy (non-hydrogen) atoms. The van der Waals surface area contributed by atoms with Gasteiger partial charge in [-0.3, -0.25) is 15.1 Å². The summed E-state index contributed by atoms with van der Waals surface area (Å²) in [7, 11) is 0. The molecule has 3 rings (SSSR count). The van der Waals surface area contributed by atoms with Crippen molar-refractivity contribution in [1.29, 1.82) is 0 Å². The van der Waals surface area contributed by atoms with Gasteiger partial charge in [0.1, 0.15) is 5.54 Å². The summed E-state index contributed by atoms with van der Waals surface area (Å²) in [6.45, 7) is 6.57. The number of morpholine rings is 1. The third-order valence-corrected chi connectivity index (χ3v) is 5.15. The van der Waals surface area contributed by atoms with Crippen LogP contribution in [0.3, 0.4) is 0 Å². The average molecular weight is 391 g/mol. The van der Waals surface area contributed by atoms with Gasteiger partial charge in [0, 0.05) is 26.2 Å². The summed E-state index contributed by atoms with van der Waals surface area (Å²) in [5, 5.41) is 7.06. The van der Waals surface area contributed by atoms with E-state index in [2.05, 4.69) is 21.0 Å². The van der Waals surface area contributed by atoms with Gasteiger partial charge in [-0.25, -0.2) is 4.79 Å². The number of hydrazine groups is 1. The van der Waals surface area contributed by atoms with Gasteiger partial charge in [0.2, 0.25) is 0 Å². The Morgan fingerprint density at radius 2 is 1.96 bits per heavy atom. The van der Waals surface area contributed by atoms with Crippen molar-refractivity contribution in [2.45, 2.75) is 18.9 Å². The lowest BCUT2D eigenvalue weighted by Gasteiger charge is -2.27. The molecule has 0 spiro atoms. The highest BCUT2D eigenvalue weighted by Gasteiger charge is 2.51. The Morgan fingerprint density at radius 3 is 2.63 bits per heavy atom. The predicted octanol–water partition coefficient (Wildman–Crippen LogP) is 0.555. The summed E-state index contributed by atoms with van der Waals surface area (Å²) in [5.41, 5.74) is 2.40. The van der Waals surface area contributed by atoms with Gasteiger partial charge >= 0.3 is 6.03 Å². The first-order valence-electron chi connectivity index (χ1n) is 9.13. The van der Waals surface area contributed by atoms with Crippen molar-refractivity contribution in [3.63, 3.8) is 0 Å². The minimum absolute atomic E-state index is 0.242. The number of hydrogen-bond acceptors (Lipinski definition) is 5. The van der Waals surface area contributed by atoms with E-state index >= 15 is 0 Å². The van der Waals surface area contributed by atoms with Gasteiger partial charge in [-0.1, -0.05) is 37.3 Å². The lowest BCUT2D eigenvalue weighted by atomic mass is 9.87. The molecular weight excluding hydrogens is 366 g/mol. The van der Waals surface area contributed by atoms with E-state index in [1.165, 1.54) is 0 Å². The molecule has 0 aromatic heterocycles. The largest absolute Gasteiger partial charge is 0.379 e. The standard InChI is InChI=1S/C18H25N5O3S/c1-2-18(14-6-4-3-5-7-14)15(24)23(17(25)20-18)21-16(27)19-8-9-22-10-12-26-13-11-22/h3-7H,2,8-13H2,1H3,(H,20,25)(H2,19,21,27)/t18-/m1/s1. The number of rotatable bonds is 6. The van der Waals surface area contributed by atoms with Gasteiger partial charge in [0.05, 0.1) is 13.2 Å². The minimum Gasteiger partial charge on any atom is -0.379 e. The number of benzene rings is 1. The summed E-state index contributed by atoms with van der Waals surface area (Å²) in [6, 6.07) is 8.73. The molecule has 0 saturated carbocycles. The van der Waals surface area contributed by atoms with E-state index in [-0.39, 0.29) is 11.0 Å². The van der Waals surface area contributed by atoms with Crippen molar-refractivity contribution in [1.82, 2.24) is 26.0 Å². The number of nitrogens with zero attached hydrogens (tertiary/aromatic N) is 2. The Labute approximate surface area is 164 Å². The van der Waals surface area contributed by atoms with E-state index in [1.807, 2.05) is 37.3 Å². The number of hydrogen-bond donors (Lipinski definition) is 3. The molecule has 9 heteroatoms. The van der Waals surface area contributed by atoms with Crippen LogP contribution in [0.4, 0.5) is 4.79 Å². The fourth-order valence-electron chi connectivity index (χ4n) is 3.33. The number of carbonyl (C=O) groups excluding carboxylic acids is 2. The van der Waals surface area contributed by atoms with Crippen LogP contribution in [0.25, 0.3) is 0 Å². The Bertz CT molecular complexity index is 695. The van der Waals surface area contributed by atoms with Crippen molar-refractivity contribution in [3.05, 3.63) is 35.9 Å². The molecule has 2 aliphatic rings. The van der Waals surface area contributed by atoms with Crippen LogP contribution in [0.15, 0.2) is 30.3 Å². The fraction of sp³-hybridized carbons (Fsp3) is 0.500. The van der Waals surface area contributed by atoms with E-state index in [0.29, 0.717) is 13.0 Å². The number of nitrogens with one attached hydrogen (secondary N) is 3. The molecule has 0 unspecified atom stereocenters. The van der Waals surface area contributed by atoms with Crippen LogP contribution in [0, 0.1) is 0 Å². The van der Waals surface area contributed by atoms with E-state index in [0.717, 1.165) is 43.4 Å². The first-order chi connectivity index (χ1) is 13.1. The van der Waals surface area contributed by atoms with Crippen LogP contribution in [-0.2, 0) is 15.1 Å². The minimum atomic E-state index is -1.07. The Morgan fingerprint density at radius 1 is 1.26 bits per heavy atom. The summed E-state index contributed by atoms with van der Waals surface area (Å²) in [5.74, 6) is -0.362. The third-order valence-electron chi connectivity index (χ3n) is 4.92. The van der Waals surface area contributed by atoms with Gasteiger partial charge in [-0.2, -0.15) is 5.01 Å². The second-order valence-corrected chi connectivity index (χ2v) is 6.93. The Kier molecular flexibility index (Phi) is 6.25. The maximum atomic E-state index is 13.0. The highest BCUT2D eigenvalue weighted by molar-refractivity contribution is 7.80. The third kappa shape index (κ3) is 4.20. The number of carbonyl (C=O) groups is 2. The molecular formula is C18H25N5O3S. The second-order valence-electron chi connectivity index (χ2n) is 6.52. The van der Waals surface area contributed by atoms with Gasteiger partial charge in [-0.15, -0.1) is 0 Å². The molecule has 2 heterocycles. The monoisotopic (exact) mass is 391 g/mol. The molecule has 1 atom stereocenters. The van der Waals surface area contributed by atoms with E-state index in [1.54, 1.807) is 0 Å². The molecule has 1 aromatic carbocycles. The van der Waals surface area contributed by atoms with Crippen molar-refractivity contribution < 1.29 is 14.3 Å². The summed E-state index contributed by atoms with van der Waals surface area (Å²) < 4.78 is 5.32. The summed E-state index contributed by atoms with van der Waals surface area (Å²) >= 11 is 5.25. The number of ether oxygens (including phenoxy) is 1. The highest BCUT2D eigenvalue weighted by Crippen LogP contribution is 2.31. The average Bonchev–Trinajstić information content (AvgIpc) is 2.94. The van der Waals surface area contributed by atoms with E-state index in [9.17, 15) is 9.59 Å². The maximum Gasteiger partial charge on any atom is 0.344 e. The lowest BCUT2D eigenvalue weighted by molar-refractivity contribution is -0.133. The zero-order valence-electron chi connectivity index (χ0n) is 15.4. The zero-order valence-corrected chi connectivity index (χ0v) is 16.2. The zero-order chi connectivity index (χ0) is 19.3. The molecule has 0 radical (unpaired) electrons. The molecule has 3 amide bonds. The lowest BCUT2D eigenvalue weighted by Crippen LogP contribution is -2.52. The van der Waals surface area contributed by atoms with Crippen LogP contribution < -0.4 is 16.1 Å². The number of amides is 3. The van der Waals surface area contributed by atoms with Crippen LogP contribution in [0.1, 0.15) is 18.9 Å². The van der Waals surface area contributed by atoms with Gasteiger partial charge in [0.15, 0.2) is 5.11 Å². The quantitative estimate of drug-likeness (QED) is 0.482. The number of imide groups is 1. The molecule has 2 fully saturated rings. The maximum absolute atomic E-state index is 13.0. The van der Waals surface area contributed by atoms with Gasteiger partial charge in [0.25, 0.3) is 5.91 Å². The van der Waals surface area contributed by atoms with E-state index in [4.69, 9.17) is 17.0 Å². The first-order valence-corrected chi connectivity index (χ1v) is 9.54. The highest BCUT2D eigenvalue weighted by atomic mass is 32.1. The van der Waals surface area contributed by atoms with Gasteiger partial charge < -0.3 is 15.4 Å². The fourth-order valence-corrected chi connectivity index (χ4v) is 3.53. The van der Waals surface area contributed by atoms with Crippen molar-refractivity contribution in [3.8, 4) is 0 Å². The summed E-state index contributed by atoms with van der Waals surface area (Å²) in [6.07, 6.45) is 0.441. The summed E-state index contributed by atoms with van der Waals surface area (Å²) in [4.78, 5) is 27.7. The number of urea groups is 1. The topological polar surface area (TPSA) is 85.9 Å². The normalized spacial score (nSPS) is 23.2. The molecule has 8 nitrogen and oxygen atoms in total. The Balaban J connectivity index is 1.57. The van der Waals surface area contributed by atoms with Crippen LogP contribution in [0.2, 0.25) is 0 Å². The van der Waals surface area contributed by atoms with Crippen LogP contribution in [0.5, 0.6) is 0 Å². The Hall–Kier alpha value is -2.23. The second kappa shape index (κ2) is 8.64. The molecule has 146 valence electrons. The van der Waals surface area contributed by atoms with Crippen molar-refractivity contribution in [2.75, 3.05) is 39.4 Å².